The summed E-state index contributed by atoms with van der Waals surface area (Å²) in [6.07, 6.45) is -0.0110. The van der Waals surface area contributed by atoms with E-state index in [9.17, 15) is 14.4 Å². The average Bonchev–Trinajstić information content (AvgIpc) is 3.43. The summed E-state index contributed by atoms with van der Waals surface area (Å²) >= 11 is 1.21. The molecule has 11 heteroatoms. The molecule has 0 saturated carbocycles. The van der Waals surface area contributed by atoms with Crippen LogP contribution in [0.5, 0.6) is 17.2 Å². The second-order valence-electron chi connectivity index (χ2n) is 8.63. The highest BCUT2D eigenvalue weighted by Crippen LogP contribution is 2.35. The molecule has 0 bridgehead atoms. The van der Waals surface area contributed by atoms with Crippen LogP contribution >= 0.6 is 11.8 Å². The Morgan fingerprint density at radius 2 is 1.77 bits per heavy atom. The Bertz CT molecular complexity index is 1420. The van der Waals surface area contributed by atoms with Gasteiger partial charge in [-0.05, 0) is 66.2 Å². The molecular formula is C28H25N3O7S. The van der Waals surface area contributed by atoms with E-state index >= 15 is 0 Å². The number of ether oxygens (including phenoxy) is 4. The number of esters is 1. The van der Waals surface area contributed by atoms with Crippen LogP contribution in [0.15, 0.2) is 71.7 Å². The molecule has 0 spiro atoms. The molecule has 2 amide bonds. The number of aliphatic imine (C=N–C) groups is 1. The Labute approximate surface area is 228 Å². The van der Waals surface area contributed by atoms with Gasteiger partial charge in [-0.3, -0.25) is 14.5 Å². The minimum atomic E-state index is -0.706. The number of hydrogen-bond acceptors (Lipinski definition) is 9. The van der Waals surface area contributed by atoms with E-state index < -0.39 is 11.2 Å². The quantitative estimate of drug-likeness (QED) is 0.434. The summed E-state index contributed by atoms with van der Waals surface area (Å²) in [5, 5.41) is 2.52. The van der Waals surface area contributed by atoms with Gasteiger partial charge in [0.25, 0.3) is 0 Å². The van der Waals surface area contributed by atoms with Crippen molar-refractivity contribution in [2.45, 2.75) is 18.2 Å². The van der Waals surface area contributed by atoms with Gasteiger partial charge < -0.3 is 24.3 Å². The second kappa shape index (κ2) is 11.5. The number of nitrogens with one attached hydrogen (secondary N) is 1. The first-order chi connectivity index (χ1) is 18.9. The number of thioether (sulfide) groups is 1. The monoisotopic (exact) mass is 547 g/mol. The van der Waals surface area contributed by atoms with Gasteiger partial charge in [-0.1, -0.05) is 17.8 Å². The predicted molar refractivity (Wildman–Crippen MR) is 146 cm³/mol. The molecule has 2 aliphatic rings. The van der Waals surface area contributed by atoms with E-state index in [1.54, 1.807) is 66.6 Å². The summed E-state index contributed by atoms with van der Waals surface area (Å²) in [6, 6.07) is 19.0. The average molecular weight is 548 g/mol. The highest BCUT2D eigenvalue weighted by Gasteiger charge is 2.36. The molecule has 1 fully saturated rings. The minimum absolute atomic E-state index is 0.0110. The molecule has 0 unspecified atom stereocenters. The molecule has 1 atom stereocenters. The van der Waals surface area contributed by atoms with Crippen LogP contribution in [0.1, 0.15) is 22.3 Å². The molecule has 39 heavy (non-hydrogen) atoms. The standard InChI is InChI=1S/C28H25N3O7S/c1-35-21-10-8-20(9-11-21)30-28-31(15-17-3-12-22-23(13-17)38-16-37-22)25(32)14-24(39-28)26(33)29-19-6-4-18(5-7-19)27(34)36-2/h3-13,24H,14-16H2,1-2H3,(H,29,33)/t24-/m0/s1. The zero-order chi connectivity index (χ0) is 27.4. The molecule has 0 aromatic heterocycles. The van der Waals surface area contributed by atoms with Gasteiger partial charge in [0.1, 0.15) is 11.0 Å². The first-order valence-electron chi connectivity index (χ1n) is 12.0. The second-order valence-corrected chi connectivity index (χ2v) is 9.80. The number of carbonyl (C=O) groups is 3. The van der Waals surface area contributed by atoms with E-state index in [4.69, 9.17) is 23.9 Å². The van der Waals surface area contributed by atoms with Crippen LogP contribution in [0.2, 0.25) is 0 Å². The lowest BCUT2D eigenvalue weighted by molar-refractivity contribution is -0.129. The highest BCUT2D eigenvalue weighted by molar-refractivity contribution is 8.15. The fourth-order valence-corrected chi connectivity index (χ4v) is 5.11. The van der Waals surface area contributed by atoms with Crippen molar-refractivity contribution in [1.29, 1.82) is 0 Å². The van der Waals surface area contributed by atoms with Crippen LogP contribution in [0.25, 0.3) is 0 Å². The molecule has 0 aliphatic carbocycles. The zero-order valence-corrected chi connectivity index (χ0v) is 22.0. The molecule has 2 aliphatic heterocycles. The number of amides is 2. The third kappa shape index (κ3) is 5.99. The zero-order valence-electron chi connectivity index (χ0n) is 21.2. The fraction of sp³-hybridized carbons (Fsp3) is 0.214. The van der Waals surface area contributed by atoms with Crippen LogP contribution in [-0.4, -0.2) is 54.1 Å². The van der Waals surface area contributed by atoms with Crippen molar-refractivity contribution in [3.05, 3.63) is 77.9 Å². The van der Waals surface area contributed by atoms with Crippen LogP contribution in [0.4, 0.5) is 11.4 Å². The Morgan fingerprint density at radius 3 is 2.49 bits per heavy atom. The van der Waals surface area contributed by atoms with E-state index in [1.807, 2.05) is 12.1 Å². The third-order valence-corrected chi connectivity index (χ3v) is 7.27. The first-order valence-corrected chi connectivity index (χ1v) is 12.9. The smallest absolute Gasteiger partial charge is 0.337 e. The van der Waals surface area contributed by atoms with Crippen molar-refractivity contribution < 1.29 is 33.3 Å². The summed E-state index contributed by atoms with van der Waals surface area (Å²) in [5.74, 6) is 0.904. The maximum absolute atomic E-state index is 13.4. The Kier molecular flexibility index (Phi) is 7.69. The Morgan fingerprint density at radius 1 is 1.03 bits per heavy atom. The Hall–Kier alpha value is -4.51. The van der Waals surface area contributed by atoms with Crippen molar-refractivity contribution in [2.24, 2.45) is 4.99 Å². The molecular weight excluding hydrogens is 522 g/mol. The van der Waals surface area contributed by atoms with E-state index in [-0.39, 0.29) is 31.6 Å². The topological polar surface area (TPSA) is 116 Å². The van der Waals surface area contributed by atoms with Crippen molar-refractivity contribution in [3.8, 4) is 17.2 Å². The van der Waals surface area contributed by atoms with Crippen LogP contribution in [-0.2, 0) is 20.9 Å². The maximum atomic E-state index is 13.4. The van der Waals surface area contributed by atoms with Gasteiger partial charge >= 0.3 is 5.97 Å². The van der Waals surface area contributed by atoms with Crippen molar-refractivity contribution in [1.82, 2.24) is 4.90 Å². The molecule has 10 nitrogen and oxygen atoms in total. The van der Waals surface area contributed by atoms with Crippen LogP contribution < -0.4 is 19.5 Å². The van der Waals surface area contributed by atoms with E-state index in [1.165, 1.54) is 18.9 Å². The number of nitrogens with zero attached hydrogens (tertiary/aromatic N) is 2. The van der Waals surface area contributed by atoms with Gasteiger partial charge in [0.05, 0.1) is 32.0 Å². The number of amidine groups is 1. The van der Waals surface area contributed by atoms with E-state index in [0.717, 1.165) is 5.56 Å². The van der Waals surface area contributed by atoms with Crippen molar-refractivity contribution in [2.75, 3.05) is 26.3 Å². The molecule has 200 valence electrons. The first kappa shape index (κ1) is 26.1. The lowest BCUT2D eigenvalue weighted by atomic mass is 10.1. The Balaban J connectivity index is 1.37. The summed E-state index contributed by atoms with van der Waals surface area (Å²) in [5.41, 5.74) is 2.31. The van der Waals surface area contributed by atoms with Crippen LogP contribution in [0, 0.1) is 0 Å². The molecule has 1 saturated heterocycles. The highest BCUT2D eigenvalue weighted by atomic mass is 32.2. The lowest BCUT2D eigenvalue weighted by Crippen LogP contribution is -2.44. The molecule has 2 heterocycles. The van der Waals surface area contributed by atoms with Crippen molar-refractivity contribution >= 4 is 46.1 Å². The number of carbonyl (C=O) groups excluding carboxylic acids is 3. The van der Waals surface area contributed by atoms with E-state index in [2.05, 4.69) is 5.32 Å². The number of methoxy groups -OCH3 is 2. The van der Waals surface area contributed by atoms with Gasteiger partial charge in [-0.25, -0.2) is 9.79 Å². The van der Waals surface area contributed by atoms with E-state index in [0.29, 0.717) is 39.4 Å². The fourth-order valence-electron chi connectivity index (χ4n) is 4.02. The van der Waals surface area contributed by atoms with Crippen molar-refractivity contribution in [3.63, 3.8) is 0 Å². The van der Waals surface area contributed by atoms with Gasteiger partial charge in [-0.2, -0.15) is 0 Å². The number of fused-ring (bicyclic) bond motifs is 1. The molecule has 3 aromatic rings. The van der Waals surface area contributed by atoms with Crippen LogP contribution in [0.3, 0.4) is 0 Å². The van der Waals surface area contributed by atoms with Gasteiger partial charge in [0.15, 0.2) is 16.7 Å². The molecule has 3 aromatic carbocycles. The number of hydrogen-bond donors (Lipinski definition) is 1. The third-order valence-electron chi connectivity index (χ3n) is 6.08. The summed E-state index contributed by atoms with van der Waals surface area (Å²) in [6.45, 7) is 0.407. The number of benzene rings is 3. The summed E-state index contributed by atoms with van der Waals surface area (Å²) < 4.78 is 20.8. The number of rotatable bonds is 7. The summed E-state index contributed by atoms with van der Waals surface area (Å²) in [4.78, 5) is 44.5. The van der Waals surface area contributed by atoms with Gasteiger partial charge in [-0.15, -0.1) is 0 Å². The molecule has 5 rings (SSSR count). The SMILES string of the molecule is COC(=O)c1ccc(NC(=O)[C@@H]2CC(=O)N(Cc3ccc4c(c3)OCO4)C(=Nc3ccc(OC)cc3)S2)cc1. The lowest BCUT2D eigenvalue weighted by Gasteiger charge is -2.32. The normalized spacial score (nSPS) is 17.2. The largest absolute Gasteiger partial charge is 0.497 e. The number of anilines is 1. The predicted octanol–water partition coefficient (Wildman–Crippen LogP) is 4.37. The summed E-state index contributed by atoms with van der Waals surface area (Å²) in [7, 11) is 2.88. The maximum Gasteiger partial charge on any atom is 0.337 e. The molecule has 1 N–H and O–H groups in total. The van der Waals surface area contributed by atoms with Gasteiger partial charge in [0, 0.05) is 12.1 Å². The minimum Gasteiger partial charge on any atom is -0.497 e. The molecule has 0 radical (unpaired) electrons. The van der Waals surface area contributed by atoms with Gasteiger partial charge in [0.2, 0.25) is 18.6 Å².